The van der Waals surface area contributed by atoms with Crippen molar-refractivity contribution in [3.05, 3.63) is 72.1 Å². The molecule has 4 heterocycles. The highest BCUT2D eigenvalue weighted by atomic mass is 16.6. The van der Waals surface area contributed by atoms with Crippen LogP contribution in [0.3, 0.4) is 0 Å². The molecule has 2 aromatic heterocycles. The van der Waals surface area contributed by atoms with Crippen LogP contribution in [0.25, 0.3) is 16.9 Å². The van der Waals surface area contributed by atoms with Crippen molar-refractivity contribution in [3.8, 4) is 22.8 Å². The number of hydrogen-bond donors (Lipinski definition) is 1. The molecule has 7 nitrogen and oxygen atoms in total. The van der Waals surface area contributed by atoms with Crippen LogP contribution in [0.15, 0.2) is 60.7 Å². The van der Waals surface area contributed by atoms with Crippen LogP contribution in [-0.4, -0.2) is 54.0 Å². The van der Waals surface area contributed by atoms with Crippen molar-refractivity contribution in [2.75, 3.05) is 44.3 Å². The first-order chi connectivity index (χ1) is 15.8. The van der Waals surface area contributed by atoms with E-state index >= 15 is 0 Å². The summed E-state index contributed by atoms with van der Waals surface area (Å²) in [6, 6.07) is 20.9. The number of aromatic nitrogens is 3. The Labute approximate surface area is 186 Å². The third kappa shape index (κ3) is 3.65. The van der Waals surface area contributed by atoms with Gasteiger partial charge in [-0.1, -0.05) is 18.2 Å². The summed E-state index contributed by atoms with van der Waals surface area (Å²) in [6.45, 7) is 5.34. The Morgan fingerprint density at radius 2 is 1.69 bits per heavy atom. The predicted molar refractivity (Wildman–Crippen MR) is 124 cm³/mol. The lowest BCUT2D eigenvalue weighted by Gasteiger charge is -2.29. The number of anilines is 1. The number of fused-ring (bicyclic) bond motifs is 2. The minimum Gasteiger partial charge on any atom is -0.486 e. The highest BCUT2D eigenvalue weighted by Crippen LogP contribution is 2.34. The van der Waals surface area contributed by atoms with Crippen LogP contribution < -0.4 is 19.7 Å². The van der Waals surface area contributed by atoms with E-state index in [1.54, 1.807) is 0 Å². The first-order valence-electron chi connectivity index (χ1n) is 11.1. The number of nitrogens with one attached hydrogen (secondary N) is 1. The predicted octanol–water partition coefficient (Wildman–Crippen LogP) is 3.17. The van der Waals surface area contributed by atoms with Gasteiger partial charge in [0.05, 0.1) is 5.69 Å². The topological polar surface area (TPSA) is 63.9 Å². The van der Waals surface area contributed by atoms with E-state index in [9.17, 15) is 0 Å². The molecule has 2 aliphatic heterocycles. The maximum Gasteiger partial charge on any atom is 0.162 e. The summed E-state index contributed by atoms with van der Waals surface area (Å²) in [7, 11) is 0. The molecule has 0 bridgehead atoms. The molecule has 0 aliphatic carbocycles. The minimum absolute atomic E-state index is 0.571. The van der Waals surface area contributed by atoms with Gasteiger partial charge >= 0.3 is 0 Å². The van der Waals surface area contributed by atoms with Gasteiger partial charge in [0, 0.05) is 43.9 Å². The summed E-state index contributed by atoms with van der Waals surface area (Å²) in [5.74, 6) is 2.37. The summed E-state index contributed by atoms with van der Waals surface area (Å²) in [4.78, 5) is 7.19. The summed E-state index contributed by atoms with van der Waals surface area (Å²) in [5, 5.41) is 8.22. The number of benzene rings is 2. The van der Waals surface area contributed by atoms with Crippen molar-refractivity contribution in [1.29, 1.82) is 0 Å². The molecule has 1 N–H and O–H groups in total. The fraction of sp³-hybridized carbons (Fsp3) is 0.280. The summed E-state index contributed by atoms with van der Waals surface area (Å²) >= 11 is 0. The van der Waals surface area contributed by atoms with E-state index in [1.807, 2.05) is 34.8 Å². The van der Waals surface area contributed by atoms with Crippen LogP contribution in [0.2, 0.25) is 0 Å². The van der Waals surface area contributed by atoms with Crippen molar-refractivity contribution in [3.63, 3.8) is 0 Å². The molecule has 2 aromatic carbocycles. The molecule has 32 heavy (non-hydrogen) atoms. The van der Waals surface area contributed by atoms with E-state index in [0.29, 0.717) is 19.6 Å². The van der Waals surface area contributed by atoms with E-state index in [4.69, 9.17) is 19.6 Å². The lowest BCUT2D eigenvalue weighted by atomic mass is 10.1. The lowest BCUT2D eigenvalue weighted by Crippen LogP contribution is -2.43. The van der Waals surface area contributed by atoms with Gasteiger partial charge in [0.1, 0.15) is 13.2 Å². The largest absolute Gasteiger partial charge is 0.486 e. The molecule has 4 aromatic rings. The van der Waals surface area contributed by atoms with Gasteiger partial charge in [0.2, 0.25) is 0 Å². The van der Waals surface area contributed by atoms with Gasteiger partial charge in [0.25, 0.3) is 0 Å². The molecule has 7 heteroatoms. The van der Waals surface area contributed by atoms with E-state index in [0.717, 1.165) is 60.4 Å². The van der Waals surface area contributed by atoms with Gasteiger partial charge in [-0.05, 0) is 48.0 Å². The average molecular weight is 428 g/mol. The van der Waals surface area contributed by atoms with Gasteiger partial charge in [-0.25, -0.2) is 9.50 Å². The van der Waals surface area contributed by atoms with Gasteiger partial charge in [0.15, 0.2) is 23.0 Å². The smallest absolute Gasteiger partial charge is 0.162 e. The van der Waals surface area contributed by atoms with E-state index in [1.165, 1.54) is 11.3 Å². The number of rotatable bonds is 4. The van der Waals surface area contributed by atoms with Crippen LogP contribution in [0, 0.1) is 0 Å². The van der Waals surface area contributed by atoms with Crippen LogP contribution in [0.1, 0.15) is 11.4 Å². The van der Waals surface area contributed by atoms with Crippen LogP contribution in [-0.2, 0) is 6.42 Å². The molecule has 1 fully saturated rings. The number of nitrogens with zero attached hydrogens (tertiary/aromatic N) is 4. The average Bonchev–Trinajstić information content (AvgIpc) is 3.27. The van der Waals surface area contributed by atoms with E-state index in [2.05, 4.69) is 40.5 Å². The third-order valence-corrected chi connectivity index (χ3v) is 6.02. The highest BCUT2D eigenvalue weighted by molar-refractivity contribution is 5.66. The zero-order valence-electron chi connectivity index (χ0n) is 17.8. The second kappa shape index (κ2) is 8.16. The van der Waals surface area contributed by atoms with Gasteiger partial charge in [-0.3, -0.25) is 0 Å². The first kappa shape index (κ1) is 19.1. The Hall–Kier alpha value is -3.58. The van der Waals surface area contributed by atoms with Crippen molar-refractivity contribution in [2.24, 2.45) is 0 Å². The first-order valence-corrected chi connectivity index (χ1v) is 11.1. The van der Waals surface area contributed by atoms with E-state index < -0.39 is 0 Å². The van der Waals surface area contributed by atoms with E-state index in [-0.39, 0.29) is 0 Å². The Bertz CT molecular complexity index is 1250. The Balaban J connectivity index is 1.26. The molecule has 0 spiro atoms. The molecular weight excluding hydrogens is 402 g/mol. The molecule has 0 unspecified atom stereocenters. The molecular formula is C25H25N5O2. The fourth-order valence-corrected chi connectivity index (χ4v) is 4.38. The normalized spacial score (nSPS) is 15.8. The summed E-state index contributed by atoms with van der Waals surface area (Å²) < 4.78 is 13.3. The molecule has 6 rings (SSSR count). The third-order valence-electron chi connectivity index (χ3n) is 6.02. The van der Waals surface area contributed by atoms with Gasteiger partial charge in [-0.2, -0.15) is 5.10 Å². The second-order valence-corrected chi connectivity index (χ2v) is 8.15. The molecule has 0 radical (unpaired) electrons. The number of piperazine rings is 1. The quantitative estimate of drug-likeness (QED) is 0.540. The molecule has 0 saturated carbocycles. The highest BCUT2D eigenvalue weighted by Gasteiger charge is 2.15. The summed E-state index contributed by atoms with van der Waals surface area (Å²) in [6.07, 6.45) is 0.699. The summed E-state index contributed by atoms with van der Waals surface area (Å²) in [5.41, 5.74) is 5.33. The van der Waals surface area contributed by atoms with Crippen LogP contribution in [0.5, 0.6) is 11.5 Å². The standard InChI is InChI=1S/C25H25N5O2/c1-2-21(19-6-9-22-23(17-19)32-15-14-31-22)30-25(3-1)27-24(28-30)16-18-4-7-20(8-5-18)29-12-10-26-11-13-29/h1-9,17,26H,10-16H2. The molecule has 2 aliphatic rings. The maximum atomic E-state index is 5.76. The zero-order chi connectivity index (χ0) is 21.3. The van der Waals surface area contributed by atoms with Crippen molar-refractivity contribution in [2.45, 2.75) is 6.42 Å². The van der Waals surface area contributed by atoms with Crippen molar-refractivity contribution >= 4 is 11.3 Å². The molecule has 0 amide bonds. The fourth-order valence-electron chi connectivity index (χ4n) is 4.38. The van der Waals surface area contributed by atoms with Gasteiger partial charge in [-0.15, -0.1) is 0 Å². The number of pyridine rings is 1. The Morgan fingerprint density at radius 3 is 2.53 bits per heavy atom. The van der Waals surface area contributed by atoms with Crippen molar-refractivity contribution in [1.82, 2.24) is 19.9 Å². The minimum atomic E-state index is 0.571. The van der Waals surface area contributed by atoms with Crippen LogP contribution >= 0.6 is 0 Å². The van der Waals surface area contributed by atoms with Gasteiger partial charge < -0.3 is 19.7 Å². The molecule has 1 saturated heterocycles. The zero-order valence-corrected chi connectivity index (χ0v) is 17.8. The molecule has 0 atom stereocenters. The maximum absolute atomic E-state index is 5.76. The number of ether oxygens (including phenoxy) is 2. The SMILES string of the molecule is c1cc(-c2ccc3c(c2)OCCO3)n2nc(Cc3ccc(N4CCNCC4)cc3)nc2c1. The molecule has 162 valence electrons. The Kier molecular flexibility index (Phi) is 4.88. The van der Waals surface area contributed by atoms with Crippen LogP contribution in [0.4, 0.5) is 5.69 Å². The van der Waals surface area contributed by atoms with Crippen molar-refractivity contribution < 1.29 is 9.47 Å². The Morgan fingerprint density at radius 1 is 0.875 bits per heavy atom. The number of hydrogen-bond acceptors (Lipinski definition) is 6. The lowest BCUT2D eigenvalue weighted by molar-refractivity contribution is 0.171. The second-order valence-electron chi connectivity index (χ2n) is 8.15. The monoisotopic (exact) mass is 427 g/mol.